The van der Waals surface area contributed by atoms with Gasteiger partial charge in [-0.1, -0.05) is 0 Å². The second-order valence-corrected chi connectivity index (χ2v) is 5.73. The smallest absolute Gasteiger partial charge is 0.219 e. The van der Waals surface area contributed by atoms with Gasteiger partial charge in [-0.3, -0.25) is 14.8 Å². The third-order valence-electron chi connectivity index (χ3n) is 4.61. The molecule has 2 fully saturated rings. The molecule has 2 aliphatic heterocycles. The van der Waals surface area contributed by atoms with Crippen molar-refractivity contribution in [2.24, 2.45) is 0 Å². The van der Waals surface area contributed by atoms with E-state index < -0.39 is 0 Å². The maximum absolute atomic E-state index is 11.3. The molecule has 1 unspecified atom stereocenters. The minimum atomic E-state index is 0.218. The summed E-state index contributed by atoms with van der Waals surface area (Å²) in [6.07, 6.45) is 5.29. The highest BCUT2D eigenvalue weighted by Gasteiger charge is 2.32. The number of likely N-dealkylation sites (tertiary alicyclic amines) is 2. The number of nitrogens with one attached hydrogen (secondary N) is 1. The number of nitrogens with zero attached hydrogens (tertiary/aromatic N) is 3. The van der Waals surface area contributed by atoms with E-state index in [1.54, 1.807) is 6.92 Å². The number of H-pyrrole nitrogens is 1. The number of hydrogen-bond acceptors (Lipinski definition) is 3. The molecule has 1 aromatic rings. The summed E-state index contributed by atoms with van der Waals surface area (Å²) >= 11 is 0. The molecule has 0 spiro atoms. The zero-order valence-corrected chi connectivity index (χ0v) is 11.5. The SMILES string of the molecule is CC(=O)N1CCC(N2CCC(c3ccn[nH]3)C2)CC1. The van der Waals surface area contributed by atoms with Crippen molar-refractivity contribution in [1.82, 2.24) is 20.0 Å². The van der Waals surface area contributed by atoms with Crippen LogP contribution in [0.1, 0.15) is 37.8 Å². The summed E-state index contributed by atoms with van der Waals surface area (Å²) in [4.78, 5) is 15.9. The molecule has 104 valence electrons. The van der Waals surface area contributed by atoms with Crippen molar-refractivity contribution in [1.29, 1.82) is 0 Å². The van der Waals surface area contributed by atoms with Gasteiger partial charge in [0.25, 0.3) is 0 Å². The lowest BCUT2D eigenvalue weighted by Crippen LogP contribution is -2.45. The van der Waals surface area contributed by atoms with Gasteiger partial charge in [-0.2, -0.15) is 5.10 Å². The van der Waals surface area contributed by atoms with Gasteiger partial charge in [0.1, 0.15) is 0 Å². The molecule has 0 bridgehead atoms. The van der Waals surface area contributed by atoms with Gasteiger partial charge < -0.3 is 4.90 Å². The lowest BCUT2D eigenvalue weighted by molar-refractivity contribution is -0.130. The van der Waals surface area contributed by atoms with Crippen molar-refractivity contribution in [2.75, 3.05) is 26.2 Å². The number of piperidine rings is 1. The van der Waals surface area contributed by atoms with Gasteiger partial charge in [0.05, 0.1) is 0 Å². The molecule has 5 nitrogen and oxygen atoms in total. The molecule has 0 saturated carbocycles. The van der Waals surface area contributed by atoms with E-state index in [-0.39, 0.29) is 5.91 Å². The highest BCUT2D eigenvalue weighted by molar-refractivity contribution is 5.73. The molecule has 5 heteroatoms. The molecule has 19 heavy (non-hydrogen) atoms. The quantitative estimate of drug-likeness (QED) is 0.871. The molecule has 1 aromatic heterocycles. The van der Waals surface area contributed by atoms with Crippen LogP contribution >= 0.6 is 0 Å². The molecule has 3 rings (SSSR count). The van der Waals surface area contributed by atoms with E-state index in [0.717, 1.165) is 32.5 Å². The van der Waals surface area contributed by atoms with Crippen LogP contribution in [-0.2, 0) is 4.79 Å². The Morgan fingerprint density at radius 1 is 1.32 bits per heavy atom. The van der Waals surface area contributed by atoms with Gasteiger partial charge in [0.15, 0.2) is 0 Å². The van der Waals surface area contributed by atoms with E-state index in [0.29, 0.717) is 12.0 Å². The molecule has 1 N–H and O–H groups in total. The average molecular weight is 262 g/mol. The fraction of sp³-hybridized carbons (Fsp3) is 0.714. The first-order valence-corrected chi connectivity index (χ1v) is 7.23. The highest BCUT2D eigenvalue weighted by Crippen LogP contribution is 2.29. The Balaban J connectivity index is 1.53. The molecule has 1 amide bonds. The predicted molar refractivity (Wildman–Crippen MR) is 72.8 cm³/mol. The third kappa shape index (κ3) is 2.66. The van der Waals surface area contributed by atoms with E-state index in [1.165, 1.54) is 18.7 Å². The van der Waals surface area contributed by atoms with Gasteiger partial charge in [0, 0.05) is 50.4 Å². The summed E-state index contributed by atoms with van der Waals surface area (Å²) in [5, 5.41) is 7.14. The Labute approximate surface area is 114 Å². The Morgan fingerprint density at radius 3 is 2.74 bits per heavy atom. The summed E-state index contributed by atoms with van der Waals surface area (Å²) in [6, 6.07) is 2.75. The molecule has 0 radical (unpaired) electrons. The summed E-state index contributed by atoms with van der Waals surface area (Å²) in [6.45, 7) is 5.82. The topological polar surface area (TPSA) is 52.2 Å². The first-order chi connectivity index (χ1) is 9.24. The Kier molecular flexibility index (Phi) is 3.55. The van der Waals surface area contributed by atoms with Crippen molar-refractivity contribution in [3.63, 3.8) is 0 Å². The average Bonchev–Trinajstić information content (AvgIpc) is 3.10. The van der Waals surface area contributed by atoms with Crippen LogP contribution in [0, 0.1) is 0 Å². The number of hydrogen-bond donors (Lipinski definition) is 1. The zero-order chi connectivity index (χ0) is 13.2. The Hall–Kier alpha value is -1.36. The van der Waals surface area contributed by atoms with E-state index in [1.807, 2.05) is 11.1 Å². The number of amides is 1. The van der Waals surface area contributed by atoms with Crippen LogP contribution < -0.4 is 0 Å². The van der Waals surface area contributed by atoms with Crippen LogP contribution in [0.15, 0.2) is 12.3 Å². The van der Waals surface area contributed by atoms with Gasteiger partial charge in [0.2, 0.25) is 5.91 Å². The second-order valence-electron chi connectivity index (χ2n) is 5.73. The van der Waals surface area contributed by atoms with E-state index in [9.17, 15) is 4.79 Å². The van der Waals surface area contributed by atoms with Crippen LogP contribution in [0.5, 0.6) is 0 Å². The zero-order valence-electron chi connectivity index (χ0n) is 11.5. The lowest BCUT2D eigenvalue weighted by atomic mass is 10.0. The van der Waals surface area contributed by atoms with Crippen molar-refractivity contribution in [2.45, 2.75) is 38.1 Å². The largest absolute Gasteiger partial charge is 0.343 e. The van der Waals surface area contributed by atoms with Crippen LogP contribution in [0.3, 0.4) is 0 Å². The molecule has 3 heterocycles. The molecule has 0 aromatic carbocycles. The lowest BCUT2D eigenvalue weighted by Gasteiger charge is -2.36. The maximum atomic E-state index is 11.3. The van der Waals surface area contributed by atoms with Crippen LogP contribution in [0.2, 0.25) is 0 Å². The van der Waals surface area contributed by atoms with Crippen LogP contribution in [0.25, 0.3) is 0 Å². The van der Waals surface area contributed by atoms with Crippen LogP contribution in [-0.4, -0.2) is 58.1 Å². The number of rotatable bonds is 2. The molecule has 1 atom stereocenters. The predicted octanol–water partition coefficient (Wildman–Crippen LogP) is 1.21. The summed E-state index contributed by atoms with van der Waals surface area (Å²) in [7, 11) is 0. The van der Waals surface area contributed by atoms with Gasteiger partial charge >= 0.3 is 0 Å². The first-order valence-electron chi connectivity index (χ1n) is 7.23. The number of aromatic nitrogens is 2. The monoisotopic (exact) mass is 262 g/mol. The Morgan fingerprint density at radius 2 is 2.11 bits per heavy atom. The minimum absolute atomic E-state index is 0.218. The number of aromatic amines is 1. The van der Waals surface area contributed by atoms with E-state index in [4.69, 9.17) is 0 Å². The Bertz CT molecular complexity index is 423. The van der Waals surface area contributed by atoms with Crippen LogP contribution in [0.4, 0.5) is 0 Å². The van der Waals surface area contributed by atoms with Gasteiger partial charge in [-0.05, 0) is 31.9 Å². The number of carbonyl (C=O) groups is 1. The first kappa shape index (κ1) is 12.7. The molecular weight excluding hydrogens is 240 g/mol. The molecular formula is C14H22N4O. The summed E-state index contributed by atoms with van der Waals surface area (Å²) in [5.74, 6) is 0.823. The van der Waals surface area contributed by atoms with Crippen molar-refractivity contribution < 1.29 is 4.79 Å². The van der Waals surface area contributed by atoms with E-state index in [2.05, 4.69) is 21.2 Å². The summed E-state index contributed by atoms with van der Waals surface area (Å²) < 4.78 is 0. The van der Waals surface area contributed by atoms with Gasteiger partial charge in [-0.15, -0.1) is 0 Å². The molecule has 2 saturated heterocycles. The normalized spacial score (nSPS) is 25.9. The van der Waals surface area contributed by atoms with Crippen molar-refractivity contribution in [3.8, 4) is 0 Å². The third-order valence-corrected chi connectivity index (χ3v) is 4.61. The molecule has 0 aliphatic carbocycles. The standard InChI is InChI=1S/C14H22N4O/c1-11(19)17-8-4-13(5-9-17)18-7-3-12(10-18)14-2-6-15-16-14/h2,6,12-13H,3-5,7-10H2,1H3,(H,15,16). The fourth-order valence-corrected chi connectivity index (χ4v) is 3.41. The minimum Gasteiger partial charge on any atom is -0.343 e. The second kappa shape index (κ2) is 5.33. The van der Waals surface area contributed by atoms with Crippen molar-refractivity contribution >= 4 is 5.91 Å². The summed E-state index contributed by atoms with van der Waals surface area (Å²) in [5.41, 5.74) is 1.27. The van der Waals surface area contributed by atoms with Crippen molar-refractivity contribution in [3.05, 3.63) is 18.0 Å². The van der Waals surface area contributed by atoms with Gasteiger partial charge in [-0.25, -0.2) is 0 Å². The highest BCUT2D eigenvalue weighted by atomic mass is 16.2. The number of carbonyl (C=O) groups excluding carboxylic acids is 1. The molecule has 2 aliphatic rings. The maximum Gasteiger partial charge on any atom is 0.219 e. The fourth-order valence-electron chi connectivity index (χ4n) is 3.41. The van der Waals surface area contributed by atoms with E-state index >= 15 is 0 Å².